The number of aromatic nitrogens is 3. The van der Waals surface area contributed by atoms with Crippen LogP contribution in [0.25, 0.3) is 0 Å². The molecule has 1 atom stereocenters. The Balaban J connectivity index is 1.92. The first-order valence-electron chi connectivity index (χ1n) is 9.90. The van der Waals surface area contributed by atoms with E-state index in [0.717, 1.165) is 17.0 Å². The van der Waals surface area contributed by atoms with Crippen molar-refractivity contribution >= 4 is 11.7 Å². The molecular formula is C22H24N6O2. The first-order chi connectivity index (χ1) is 14.4. The fraction of sp³-hybridized carbons (Fsp3) is 0.364. The highest BCUT2D eigenvalue weighted by molar-refractivity contribution is 6.01. The van der Waals surface area contributed by atoms with Crippen LogP contribution in [0.5, 0.6) is 5.75 Å². The van der Waals surface area contributed by atoms with Gasteiger partial charge in [0.25, 0.3) is 0 Å². The Bertz CT molecular complexity index is 1070. The maximum absolute atomic E-state index is 13.4. The third-order valence-electron chi connectivity index (χ3n) is 5.52. The van der Waals surface area contributed by atoms with Gasteiger partial charge < -0.3 is 10.5 Å². The molecule has 1 aromatic heterocycles. The molecule has 1 aliphatic carbocycles. The summed E-state index contributed by atoms with van der Waals surface area (Å²) in [5.74, 6) is 0.884. The molecular weight excluding hydrogens is 380 g/mol. The van der Waals surface area contributed by atoms with Crippen molar-refractivity contribution in [2.24, 2.45) is 11.1 Å². The minimum absolute atomic E-state index is 0.0184. The van der Waals surface area contributed by atoms with Gasteiger partial charge in [0.15, 0.2) is 5.78 Å². The Kier molecular flexibility index (Phi) is 4.82. The molecule has 0 saturated heterocycles. The standard InChI is InChI=1S/C22H24N6O2/c1-4-30-14-7-5-13(6-8-14)18-15(11-23)20(24)28(21-25-12-26-27-21)16-9-22(2,3)10-17(29)19(16)18/h5-8,12,18H,4,9-10,24H2,1-3H3,(H,25,26,27). The van der Waals surface area contributed by atoms with Crippen molar-refractivity contribution in [3.8, 4) is 11.8 Å². The molecule has 1 aromatic carbocycles. The van der Waals surface area contributed by atoms with E-state index < -0.39 is 5.92 Å². The molecule has 0 radical (unpaired) electrons. The predicted octanol–water partition coefficient (Wildman–Crippen LogP) is 3.14. The van der Waals surface area contributed by atoms with Crippen LogP contribution in [0.2, 0.25) is 0 Å². The second-order valence-corrected chi connectivity index (χ2v) is 8.29. The fourth-order valence-corrected chi connectivity index (χ4v) is 4.31. The number of Topliss-reactive ketones (excluding diaryl/α,β-unsaturated/α-hetero) is 1. The SMILES string of the molecule is CCOc1ccc(C2C(C#N)=C(N)N(c3ncn[nH]3)C3=C2C(=O)CC(C)(C)C3)cc1. The molecule has 1 aliphatic heterocycles. The van der Waals surface area contributed by atoms with Gasteiger partial charge in [0, 0.05) is 17.7 Å². The number of ether oxygens (including phenoxy) is 1. The molecule has 0 amide bonds. The summed E-state index contributed by atoms with van der Waals surface area (Å²) in [6.07, 6.45) is 2.41. The maximum Gasteiger partial charge on any atom is 0.231 e. The van der Waals surface area contributed by atoms with Crippen LogP contribution in [-0.4, -0.2) is 27.6 Å². The van der Waals surface area contributed by atoms with Gasteiger partial charge in [0.1, 0.15) is 17.9 Å². The third kappa shape index (κ3) is 3.22. The molecule has 2 aliphatic rings. The molecule has 2 heterocycles. The number of nitrogens with two attached hydrogens (primary N) is 1. The summed E-state index contributed by atoms with van der Waals surface area (Å²) in [6, 6.07) is 9.73. The second kappa shape index (κ2) is 7.34. The number of nitriles is 1. The van der Waals surface area contributed by atoms with Gasteiger partial charge in [0.05, 0.1) is 24.2 Å². The molecule has 0 saturated carbocycles. The summed E-state index contributed by atoms with van der Waals surface area (Å²) in [7, 11) is 0. The zero-order valence-corrected chi connectivity index (χ0v) is 17.3. The van der Waals surface area contributed by atoms with Gasteiger partial charge in [-0.15, -0.1) is 0 Å². The largest absolute Gasteiger partial charge is 0.494 e. The molecule has 8 nitrogen and oxygen atoms in total. The zero-order chi connectivity index (χ0) is 21.5. The van der Waals surface area contributed by atoms with Crippen LogP contribution in [0.15, 0.2) is 53.3 Å². The number of ketones is 1. The van der Waals surface area contributed by atoms with Gasteiger partial charge in [-0.05, 0) is 36.5 Å². The highest BCUT2D eigenvalue weighted by Crippen LogP contribution is 2.49. The number of allylic oxidation sites excluding steroid dienone is 3. The van der Waals surface area contributed by atoms with Gasteiger partial charge in [-0.2, -0.15) is 15.3 Å². The van der Waals surface area contributed by atoms with Crippen molar-refractivity contribution < 1.29 is 9.53 Å². The molecule has 1 unspecified atom stereocenters. The van der Waals surface area contributed by atoms with Gasteiger partial charge in [-0.25, -0.2) is 5.10 Å². The number of rotatable bonds is 4. The number of anilines is 1. The molecule has 0 spiro atoms. The van der Waals surface area contributed by atoms with Gasteiger partial charge >= 0.3 is 0 Å². The topological polar surface area (TPSA) is 121 Å². The lowest BCUT2D eigenvalue weighted by atomic mass is 9.68. The van der Waals surface area contributed by atoms with Crippen LogP contribution in [0.3, 0.4) is 0 Å². The molecule has 4 rings (SSSR count). The third-order valence-corrected chi connectivity index (χ3v) is 5.52. The van der Waals surface area contributed by atoms with Crippen molar-refractivity contribution in [2.45, 2.75) is 39.5 Å². The molecule has 8 heteroatoms. The van der Waals surface area contributed by atoms with E-state index in [1.165, 1.54) is 6.33 Å². The lowest BCUT2D eigenvalue weighted by molar-refractivity contribution is -0.118. The molecule has 3 N–H and O–H groups in total. The maximum atomic E-state index is 13.4. The monoisotopic (exact) mass is 404 g/mol. The van der Waals surface area contributed by atoms with Crippen LogP contribution >= 0.6 is 0 Å². The summed E-state index contributed by atoms with van der Waals surface area (Å²) >= 11 is 0. The van der Waals surface area contributed by atoms with E-state index in [9.17, 15) is 10.1 Å². The van der Waals surface area contributed by atoms with E-state index in [4.69, 9.17) is 10.5 Å². The number of aromatic amines is 1. The van der Waals surface area contributed by atoms with E-state index in [-0.39, 0.29) is 17.0 Å². The first-order valence-corrected chi connectivity index (χ1v) is 9.90. The van der Waals surface area contributed by atoms with E-state index in [2.05, 4.69) is 35.1 Å². The number of H-pyrrole nitrogens is 1. The highest BCUT2D eigenvalue weighted by Gasteiger charge is 2.45. The van der Waals surface area contributed by atoms with Gasteiger partial charge in [0.2, 0.25) is 5.95 Å². The Labute approximate surface area is 175 Å². The Morgan fingerprint density at radius 2 is 2.07 bits per heavy atom. The van der Waals surface area contributed by atoms with Crippen LogP contribution in [0, 0.1) is 16.7 Å². The molecule has 2 aromatic rings. The molecule has 0 fully saturated rings. The summed E-state index contributed by atoms with van der Waals surface area (Å²) in [5.41, 5.74) is 8.78. The van der Waals surface area contributed by atoms with Crippen molar-refractivity contribution in [1.82, 2.24) is 15.2 Å². The number of hydrogen-bond acceptors (Lipinski definition) is 7. The first kappa shape index (κ1) is 19.7. The van der Waals surface area contributed by atoms with E-state index in [0.29, 0.717) is 36.5 Å². The number of nitrogens with one attached hydrogen (secondary N) is 1. The zero-order valence-electron chi connectivity index (χ0n) is 17.3. The number of nitrogens with zero attached hydrogens (tertiary/aromatic N) is 4. The predicted molar refractivity (Wildman–Crippen MR) is 111 cm³/mol. The number of benzene rings is 1. The van der Waals surface area contributed by atoms with Crippen molar-refractivity contribution in [3.63, 3.8) is 0 Å². The summed E-state index contributed by atoms with van der Waals surface area (Å²) < 4.78 is 5.54. The Morgan fingerprint density at radius 3 is 2.67 bits per heavy atom. The smallest absolute Gasteiger partial charge is 0.231 e. The van der Waals surface area contributed by atoms with Gasteiger partial charge in [-0.1, -0.05) is 26.0 Å². The minimum atomic E-state index is -0.525. The van der Waals surface area contributed by atoms with Crippen molar-refractivity contribution in [3.05, 3.63) is 58.8 Å². The normalized spacial score (nSPS) is 20.8. The Morgan fingerprint density at radius 1 is 1.33 bits per heavy atom. The molecule has 154 valence electrons. The lowest BCUT2D eigenvalue weighted by Gasteiger charge is -2.42. The minimum Gasteiger partial charge on any atom is -0.494 e. The fourth-order valence-electron chi connectivity index (χ4n) is 4.31. The van der Waals surface area contributed by atoms with E-state index in [1.807, 2.05) is 31.2 Å². The van der Waals surface area contributed by atoms with Crippen LogP contribution in [-0.2, 0) is 4.79 Å². The highest BCUT2D eigenvalue weighted by atomic mass is 16.5. The van der Waals surface area contributed by atoms with Crippen molar-refractivity contribution in [2.75, 3.05) is 11.5 Å². The average Bonchev–Trinajstić information content (AvgIpc) is 3.21. The number of carbonyl (C=O) groups is 1. The number of carbonyl (C=O) groups excluding carboxylic acids is 1. The average molecular weight is 404 g/mol. The molecule has 30 heavy (non-hydrogen) atoms. The van der Waals surface area contributed by atoms with Crippen LogP contribution in [0.4, 0.5) is 5.95 Å². The molecule has 0 bridgehead atoms. The number of hydrogen-bond donors (Lipinski definition) is 2. The quantitative estimate of drug-likeness (QED) is 0.803. The van der Waals surface area contributed by atoms with E-state index >= 15 is 0 Å². The second-order valence-electron chi connectivity index (χ2n) is 8.29. The van der Waals surface area contributed by atoms with Crippen LogP contribution < -0.4 is 15.4 Å². The summed E-state index contributed by atoms with van der Waals surface area (Å²) in [5, 5.41) is 16.7. The van der Waals surface area contributed by atoms with Gasteiger partial charge in [-0.3, -0.25) is 9.69 Å². The van der Waals surface area contributed by atoms with Crippen molar-refractivity contribution in [1.29, 1.82) is 5.26 Å². The summed E-state index contributed by atoms with van der Waals surface area (Å²) in [4.78, 5) is 19.3. The Hall–Kier alpha value is -3.60. The lowest BCUT2D eigenvalue weighted by Crippen LogP contribution is -2.42. The van der Waals surface area contributed by atoms with E-state index in [1.54, 1.807) is 4.90 Å². The van der Waals surface area contributed by atoms with Crippen LogP contribution in [0.1, 0.15) is 45.1 Å². The summed E-state index contributed by atoms with van der Waals surface area (Å²) in [6.45, 7) is 6.59.